The molecule has 8 nitrogen and oxygen atoms in total. The molecule has 1 aliphatic rings. The number of likely N-dealkylation sites (tertiary alicyclic amines) is 1. The van der Waals surface area contributed by atoms with Crippen LogP contribution in [0.4, 0.5) is 0 Å². The molecule has 0 spiro atoms. The predicted molar refractivity (Wildman–Crippen MR) is 84.1 cm³/mol. The third kappa shape index (κ3) is 4.54. The van der Waals surface area contributed by atoms with E-state index in [1.54, 1.807) is 4.90 Å². The van der Waals surface area contributed by atoms with Crippen molar-refractivity contribution in [1.29, 1.82) is 0 Å². The van der Waals surface area contributed by atoms with Crippen LogP contribution in [0.2, 0.25) is 0 Å². The average Bonchev–Trinajstić information content (AvgIpc) is 2.72. The van der Waals surface area contributed by atoms with Gasteiger partial charge in [0, 0.05) is 38.3 Å². The summed E-state index contributed by atoms with van der Waals surface area (Å²) < 4.78 is 0.993. The Hall–Kier alpha value is -2.38. The maximum absolute atomic E-state index is 11.9. The lowest BCUT2D eigenvalue weighted by molar-refractivity contribution is -0.135. The van der Waals surface area contributed by atoms with Gasteiger partial charge in [-0.2, -0.15) is 0 Å². The summed E-state index contributed by atoms with van der Waals surface area (Å²) in [7, 11) is 1.40. The highest BCUT2D eigenvalue weighted by Gasteiger charge is 2.18. The van der Waals surface area contributed by atoms with Crippen LogP contribution in [0.15, 0.2) is 15.8 Å². The van der Waals surface area contributed by atoms with Gasteiger partial charge in [0.2, 0.25) is 11.8 Å². The summed E-state index contributed by atoms with van der Waals surface area (Å²) >= 11 is 0. The van der Waals surface area contributed by atoms with Crippen LogP contribution in [0.1, 0.15) is 31.2 Å². The van der Waals surface area contributed by atoms with Gasteiger partial charge < -0.3 is 15.2 Å². The second kappa shape index (κ2) is 7.75. The molecule has 0 bridgehead atoms. The summed E-state index contributed by atoms with van der Waals surface area (Å²) in [6, 6.07) is 0. The van der Waals surface area contributed by atoms with Gasteiger partial charge in [-0.1, -0.05) is 6.42 Å². The summed E-state index contributed by atoms with van der Waals surface area (Å²) in [5.41, 5.74) is -0.411. The maximum atomic E-state index is 11.9. The third-order valence-electron chi connectivity index (χ3n) is 3.98. The first-order valence-corrected chi connectivity index (χ1v) is 7.81. The highest BCUT2D eigenvalue weighted by Crippen LogP contribution is 2.10. The van der Waals surface area contributed by atoms with Gasteiger partial charge in [-0.05, 0) is 19.3 Å². The Bertz CT molecular complexity index is 691. The summed E-state index contributed by atoms with van der Waals surface area (Å²) in [5.74, 6) is -0.214. The van der Waals surface area contributed by atoms with Crippen LogP contribution in [-0.4, -0.2) is 45.9 Å². The smallest absolute Gasteiger partial charge is 0.328 e. The zero-order chi connectivity index (χ0) is 16.8. The van der Waals surface area contributed by atoms with Crippen LogP contribution in [0.5, 0.6) is 0 Å². The monoisotopic (exact) mass is 322 g/mol. The molecule has 0 radical (unpaired) electrons. The van der Waals surface area contributed by atoms with Crippen LogP contribution in [-0.2, 0) is 23.1 Å². The van der Waals surface area contributed by atoms with E-state index in [4.69, 9.17) is 0 Å². The van der Waals surface area contributed by atoms with Crippen molar-refractivity contribution >= 4 is 11.8 Å². The predicted octanol–water partition coefficient (Wildman–Crippen LogP) is -0.865. The van der Waals surface area contributed by atoms with Crippen molar-refractivity contribution in [2.75, 3.05) is 19.6 Å². The lowest BCUT2D eigenvalue weighted by atomic mass is 10.2. The minimum atomic E-state index is -0.470. The van der Waals surface area contributed by atoms with Crippen LogP contribution in [0, 0.1) is 0 Å². The first-order valence-electron chi connectivity index (χ1n) is 7.81. The zero-order valence-corrected chi connectivity index (χ0v) is 13.3. The molecule has 1 aromatic heterocycles. The number of carbonyl (C=O) groups excluding carboxylic acids is 2. The number of hydrogen-bond acceptors (Lipinski definition) is 4. The Labute approximate surface area is 133 Å². The molecule has 2 amide bonds. The molecular formula is C15H22N4O4. The van der Waals surface area contributed by atoms with Gasteiger partial charge in [-0.15, -0.1) is 0 Å². The second-order valence-corrected chi connectivity index (χ2v) is 5.71. The lowest BCUT2D eigenvalue weighted by Gasteiger charge is -2.19. The molecular weight excluding hydrogens is 300 g/mol. The minimum absolute atomic E-state index is 0.0205. The van der Waals surface area contributed by atoms with Gasteiger partial charge >= 0.3 is 5.69 Å². The van der Waals surface area contributed by atoms with E-state index in [1.165, 1.54) is 13.2 Å². The number of nitrogens with one attached hydrogen (secondary N) is 2. The molecule has 126 valence electrons. The number of nitrogens with zero attached hydrogens (tertiary/aromatic N) is 2. The van der Waals surface area contributed by atoms with Crippen molar-refractivity contribution in [2.24, 2.45) is 7.05 Å². The standard InChI is InChI=1S/C15H22N4O4/c1-18-14(22)11(9-17-15(18)23)6-7-16-12(20)10-19-8-4-2-3-5-13(19)21/h9H,2-8,10H2,1H3,(H,16,20)(H,17,23). The Morgan fingerprint density at radius 1 is 1.26 bits per heavy atom. The van der Waals surface area contributed by atoms with E-state index in [9.17, 15) is 19.2 Å². The van der Waals surface area contributed by atoms with Gasteiger partial charge in [0.25, 0.3) is 5.56 Å². The van der Waals surface area contributed by atoms with E-state index >= 15 is 0 Å². The first kappa shape index (κ1) is 17.0. The van der Waals surface area contributed by atoms with Gasteiger partial charge in [0.15, 0.2) is 0 Å². The fourth-order valence-electron chi connectivity index (χ4n) is 2.57. The van der Waals surface area contributed by atoms with Gasteiger partial charge in [0.1, 0.15) is 0 Å². The van der Waals surface area contributed by atoms with Crippen LogP contribution in [0.25, 0.3) is 0 Å². The highest BCUT2D eigenvalue weighted by molar-refractivity contribution is 5.84. The Morgan fingerprint density at radius 3 is 2.83 bits per heavy atom. The number of rotatable bonds is 5. The summed E-state index contributed by atoms with van der Waals surface area (Å²) in [6.45, 7) is 0.956. The fourth-order valence-corrected chi connectivity index (χ4v) is 2.57. The van der Waals surface area contributed by atoms with Crippen molar-refractivity contribution in [3.8, 4) is 0 Å². The summed E-state index contributed by atoms with van der Waals surface area (Å²) in [4.78, 5) is 50.9. The van der Waals surface area contributed by atoms with E-state index < -0.39 is 5.69 Å². The largest absolute Gasteiger partial charge is 0.354 e. The minimum Gasteiger partial charge on any atom is -0.354 e. The Kier molecular flexibility index (Phi) is 5.72. The fraction of sp³-hybridized carbons (Fsp3) is 0.600. The molecule has 0 aliphatic carbocycles. The third-order valence-corrected chi connectivity index (χ3v) is 3.98. The van der Waals surface area contributed by atoms with E-state index in [1.807, 2.05) is 0 Å². The van der Waals surface area contributed by atoms with Crippen LogP contribution >= 0.6 is 0 Å². The molecule has 0 saturated carbocycles. The number of aromatic amines is 1. The van der Waals surface area contributed by atoms with Crippen molar-refractivity contribution in [1.82, 2.24) is 19.8 Å². The molecule has 8 heteroatoms. The zero-order valence-electron chi connectivity index (χ0n) is 13.3. The number of aromatic nitrogens is 2. The molecule has 1 aliphatic heterocycles. The summed E-state index contributed by atoms with van der Waals surface area (Å²) in [5, 5.41) is 2.71. The van der Waals surface area contributed by atoms with Crippen molar-refractivity contribution in [3.05, 3.63) is 32.6 Å². The second-order valence-electron chi connectivity index (χ2n) is 5.71. The van der Waals surface area contributed by atoms with Gasteiger partial charge in [0.05, 0.1) is 6.54 Å². The first-order chi connectivity index (χ1) is 11.0. The van der Waals surface area contributed by atoms with Crippen LogP contribution in [0.3, 0.4) is 0 Å². The lowest BCUT2D eigenvalue weighted by Crippen LogP contribution is -2.41. The topological polar surface area (TPSA) is 104 Å². The van der Waals surface area contributed by atoms with E-state index in [2.05, 4.69) is 10.3 Å². The maximum Gasteiger partial charge on any atom is 0.328 e. The molecule has 2 rings (SSSR count). The normalized spacial score (nSPS) is 15.3. The molecule has 0 aromatic carbocycles. The quantitative estimate of drug-likeness (QED) is 0.735. The molecule has 0 unspecified atom stereocenters. The SMILES string of the molecule is Cn1c(=O)[nH]cc(CCNC(=O)CN2CCCCCC2=O)c1=O. The molecule has 1 fully saturated rings. The van der Waals surface area contributed by atoms with Gasteiger partial charge in [-0.3, -0.25) is 19.0 Å². The van der Waals surface area contributed by atoms with Crippen LogP contribution < -0.4 is 16.6 Å². The van der Waals surface area contributed by atoms with Gasteiger partial charge in [-0.25, -0.2) is 4.79 Å². The van der Waals surface area contributed by atoms with E-state index in [0.29, 0.717) is 24.9 Å². The Morgan fingerprint density at radius 2 is 2.04 bits per heavy atom. The van der Waals surface area contributed by atoms with Crippen molar-refractivity contribution in [3.63, 3.8) is 0 Å². The number of amides is 2. The highest BCUT2D eigenvalue weighted by atomic mass is 16.2. The Balaban J connectivity index is 1.83. The molecule has 2 N–H and O–H groups in total. The number of H-pyrrole nitrogens is 1. The molecule has 1 saturated heterocycles. The number of carbonyl (C=O) groups is 2. The molecule has 1 aromatic rings. The van der Waals surface area contributed by atoms with Crippen molar-refractivity contribution in [2.45, 2.75) is 32.1 Å². The van der Waals surface area contributed by atoms with Crippen molar-refractivity contribution < 1.29 is 9.59 Å². The molecule has 2 heterocycles. The summed E-state index contributed by atoms with van der Waals surface area (Å²) in [6.07, 6.45) is 5.01. The molecule has 0 atom stereocenters. The van der Waals surface area contributed by atoms with E-state index in [-0.39, 0.29) is 30.5 Å². The van der Waals surface area contributed by atoms with E-state index in [0.717, 1.165) is 23.8 Å². The number of hydrogen-bond donors (Lipinski definition) is 2. The molecule has 23 heavy (non-hydrogen) atoms. The average molecular weight is 322 g/mol.